The van der Waals surface area contributed by atoms with Gasteiger partial charge in [0.15, 0.2) is 0 Å². The molecule has 2 heterocycles. The van der Waals surface area contributed by atoms with Gasteiger partial charge in [-0.15, -0.1) is 0 Å². The van der Waals surface area contributed by atoms with Crippen LogP contribution in [-0.4, -0.2) is 59.3 Å². The van der Waals surface area contributed by atoms with Crippen molar-refractivity contribution in [2.75, 3.05) is 37.4 Å². The number of nitrogens with zero attached hydrogens (tertiary/aromatic N) is 4. The van der Waals surface area contributed by atoms with E-state index in [2.05, 4.69) is 15.3 Å². The second-order valence-corrected chi connectivity index (χ2v) is 5.18. The minimum Gasteiger partial charge on any atom is -0.465 e. The first-order chi connectivity index (χ1) is 10.2. The molecule has 7 nitrogen and oxygen atoms in total. The fourth-order valence-corrected chi connectivity index (χ4v) is 2.22. The summed E-state index contributed by atoms with van der Waals surface area (Å²) in [6, 6.07) is -0.220. The highest BCUT2D eigenvalue weighted by atomic mass is 19.4. The van der Waals surface area contributed by atoms with Crippen LogP contribution in [0.15, 0.2) is 6.20 Å². The van der Waals surface area contributed by atoms with Crippen molar-refractivity contribution >= 4 is 17.9 Å². The second kappa shape index (κ2) is 5.85. The van der Waals surface area contributed by atoms with Crippen molar-refractivity contribution in [3.8, 4) is 0 Å². The van der Waals surface area contributed by atoms with Crippen LogP contribution in [0.3, 0.4) is 0 Å². The molecule has 1 fully saturated rings. The Hall–Kier alpha value is -2.26. The van der Waals surface area contributed by atoms with E-state index in [4.69, 9.17) is 5.11 Å². The number of halogens is 3. The summed E-state index contributed by atoms with van der Waals surface area (Å²) in [6.07, 6.45) is -4.28. The summed E-state index contributed by atoms with van der Waals surface area (Å²) < 4.78 is 38.7. The van der Waals surface area contributed by atoms with Crippen molar-refractivity contribution in [1.29, 1.82) is 0 Å². The van der Waals surface area contributed by atoms with Crippen LogP contribution in [0.5, 0.6) is 0 Å². The van der Waals surface area contributed by atoms with E-state index in [9.17, 15) is 18.0 Å². The molecule has 0 aromatic carbocycles. The normalized spacial score (nSPS) is 18.4. The van der Waals surface area contributed by atoms with Gasteiger partial charge < -0.3 is 20.2 Å². The molecule has 0 saturated carbocycles. The third kappa shape index (κ3) is 3.49. The molecule has 122 valence electrons. The van der Waals surface area contributed by atoms with Crippen molar-refractivity contribution in [1.82, 2.24) is 14.9 Å². The molecule has 10 heteroatoms. The summed E-state index contributed by atoms with van der Waals surface area (Å²) in [4.78, 5) is 20.9. The number of aromatic nitrogens is 2. The van der Waals surface area contributed by atoms with E-state index in [1.165, 1.54) is 23.9 Å². The van der Waals surface area contributed by atoms with Crippen LogP contribution >= 0.6 is 0 Å². The van der Waals surface area contributed by atoms with E-state index >= 15 is 0 Å². The zero-order valence-electron chi connectivity index (χ0n) is 12.1. The highest BCUT2D eigenvalue weighted by Gasteiger charge is 2.36. The Kier molecular flexibility index (Phi) is 4.29. The van der Waals surface area contributed by atoms with Gasteiger partial charge in [0.1, 0.15) is 11.4 Å². The van der Waals surface area contributed by atoms with Crippen molar-refractivity contribution in [2.45, 2.75) is 18.6 Å². The standard InChI is InChI=1S/C12H16F3N5O2/c1-19(2)9-8(12(13,14)15)5-16-10(18-9)17-7-3-4-20(6-7)11(21)22/h5,7H,3-4,6H2,1-2H3,(H,21,22)(H,16,17,18). The van der Waals surface area contributed by atoms with E-state index in [1.54, 1.807) is 0 Å². The van der Waals surface area contributed by atoms with Gasteiger partial charge in [0.2, 0.25) is 5.95 Å². The first kappa shape index (κ1) is 16.1. The van der Waals surface area contributed by atoms with Crippen molar-refractivity contribution < 1.29 is 23.1 Å². The molecule has 1 saturated heterocycles. The average Bonchev–Trinajstić information content (AvgIpc) is 2.86. The van der Waals surface area contributed by atoms with E-state index in [-0.39, 0.29) is 24.4 Å². The molecule has 0 radical (unpaired) electrons. The van der Waals surface area contributed by atoms with Crippen LogP contribution in [0.25, 0.3) is 0 Å². The van der Waals surface area contributed by atoms with Gasteiger partial charge in [0.05, 0.1) is 0 Å². The number of likely N-dealkylation sites (tertiary alicyclic amines) is 1. The van der Waals surface area contributed by atoms with Gasteiger partial charge in [-0.1, -0.05) is 0 Å². The van der Waals surface area contributed by atoms with E-state index in [0.29, 0.717) is 13.0 Å². The third-order valence-electron chi connectivity index (χ3n) is 3.29. The third-order valence-corrected chi connectivity index (χ3v) is 3.29. The molecule has 0 spiro atoms. The summed E-state index contributed by atoms with van der Waals surface area (Å²) in [6.45, 7) is 0.616. The fraction of sp³-hybridized carbons (Fsp3) is 0.583. The van der Waals surface area contributed by atoms with Gasteiger partial charge in [-0.25, -0.2) is 9.78 Å². The maximum absolute atomic E-state index is 12.9. The number of hydrogen-bond donors (Lipinski definition) is 2. The molecular formula is C12H16F3N5O2. The van der Waals surface area contributed by atoms with Crippen molar-refractivity contribution in [3.63, 3.8) is 0 Å². The summed E-state index contributed by atoms with van der Waals surface area (Å²) in [5.74, 6) is -0.188. The van der Waals surface area contributed by atoms with Crippen LogP contribution in [0, 0.1) is 0 Å². The average molecular weight is 319 g/mol. The van der Waals surface area contributed by atoms with Gasteiger partial charge in [-0.3, -0.25) is 0 Å². The number of carboxylic acid groups (broad SMARTS) is 1. The van der Waals surface area contributed by atoms with Crippen molar-refractivity contribution in [2.24, 2.45) is 0 Å². The Balaban J connectivity index is 2.16. The van der Waals surface area contributed by atoms with Crippen LogP contribution < -0.4 is 10.2 Å². The molecule has 1 amide bonds. The lowest BCUT2D eigenvalue weighted by Crippen LogP contribution is -2.30. The molecule has 0 bridgehead atoms. The predicted molar refractivity (Wildman–Crippen MR) is 73.0 cm³/mol. The highest BCUT2D eigenvalue weighted by molar-refractivity contribution is 5.65. The molecule has 22 heavy (non-hydrogen) atoms. The number of anilines is 2. The van der Waals surface area contributed by atoms with E-state index < -0.39 is 17.8 Å². The zero-order chi connectivity index (χ0) is 16.5. The largest absolute Gasteiger partial charge is 0.465 e. The number of nitrogens with one attached hydrogen (secondary N) is 1. The molecule has 1 aliphatic rings. The number of hydrogen-bond acceptors (Lipinski definition) is 5. The Morgan fingerprint density at radius 1 is 1.50 bits per heavy atom. The summed E-state index contributed by atoms with van der Waals surface area (Å²) in [5, 5.41) is 11.8. The van der Waals surface area contributed by atoms with Gasteiger partial charge >= 0.3 is 12.3 Å². The molecule has 0 aliphatic carbocycles. The van der Waals surface area contributed by atoms with Gasteiger partial charge in [-0.2, -0.15) is 18.2 Å². The Labute approximate surface area is 124 Å². The summed E-state index contributed by atoms with van der Waals surface area (Å²) in [5.41, 5.74) is -0.915. The maximum atomic E-state index is 12.9. The number of amides is 1. The van der Waals surface area contributed by atoms with Gasteiger partial charge in [0.25, 0.3) is 0 Å². The molecule has 1 atom stereocenters. The summed E-state index contributed by atoms with van der Waals surface area (Å²) >= 11 is 0. The zero-order valence-corrected chi connectivity index (χ0v) is 12.1. The molecule has 1 unspecified atom stereocenters. The fourth-order valence-electron chi connectivity index (χ4n) is 2.22. The SMILES string of the molecule is CN(C)c1nc(NC2CCN(C(=O)O)C2)ncc1C(F)(F)F. The molecule has 1 aliphatic heterocycles. The van der Waals surface area contributed by atoms with Gasteiger partial charge in [0, 0.05) is 39.4 Å². The predicted octanol–water partition coefficient (Wildman–Crippen LogP) is 1.73. The lowest BCUT2D eigenvalue weighted by molar-refractivity contribution is -0.137. The topological polar surface area (TPSA) is 81.6 Å². The van der Waals surface area contributed by atoms with E-state index in [0.717, 1.165) is 6.20 Å². The first-order valence-electron chi connectivity index (χ1n) is 6.54. The monoisotopic (exact) mass is 319 g/mol. The summed E-state index contributed by atoms with van der Waals surface area (Å²) in [7, 11) is 2.92. The Bertz CT molecular complexity index is 564. The van der Waals surface area contributed by atoms with E-state index in [1.807, 2.05) is 0 Å². The van der Waals surface area contributed by atoms with Crippen LogP contribution in [0.2, 0.25) is 0 Å². The Morgan fingerprint density at radius 3 is 2.68 bits per heavy atom. The lowest BCUT2D eigenvalue weighted by atomic mass is 10.2. The number of alkyl halides is 3. The minimum absolute atomic E-state index is 0.0499. The van der Waals surface area contributed by atoms with Crippen molar-refractivity contribution in [3.05, 3.63) is 11.8 Å². The molecular weight excluding hydrogens is 303 g/mol. The first-order valence-corrected chi connectivity index (χ1v) is 6.54. The smallest absolute Gasteiger partial charge is 0.421 e. The maximum Gasteiger partial charge on any atom is 0.421 e. The van der Waals surface area contributed by atoms with Crippen LogP contribution in [0.4, 0.5) is 29.7 Å². The quantitative estimate of drug-likeness (QED) is 0.883. The molecule has 2 N–H and O–H groups in total. The number of carbonyl (C=O) groups is 1. The highest BCUT2D eigenvalue weighted by Crippen LogP contribution is 2.34. The molecule has 1 aromatic rings. The van der Waals surface area contributed by atoms with Crippen LogP contribution in [0.1, 0.15) is 12.0 Å². The minimum atomic E-state index is -4.54. The van der Waals surface area contributed by atoms with Gasteiger partial charge in [-0.05, 0) is 6.42 Å². The molecule has 1 aromatic heterocycles. The lowest BCUT2D eigenvalue weighted by Gasteiger charge is -2.20. The Morgan fingerprint density at radius 2 is 2.18 bits per heavy atom. The second-order valence-electron chi connectivity index (χ2n) is 5.18. The number of rotatable bonds is 3. The molecule has 2 rings (SSSR count). The van der Waals surface area contributed by atoms with Crippen LogP contribution in [-0.2, 0) is 6.18 Å².